The van der Waals surface area contributed by atoms with E-state index in [0.29, 0.717) is 0 Å². The van der Waals surface area contributed by atoms with Gasteiger partial charge in [-0.1, -0.05) is 19.1 Å². The number of benzene rings is 1. The van der Waals surface area contributed by atoms with Crippen LogP contribution in [-0.2, 0) is 6.42 Å². The fourth-order valence-electron chi connectivity index (χ4n) is 1.57. The van der Waals surface area contributed by atoms with Crippen molar-refractivity contribution in [2.24, 2.45) is 0 Å². The van der Waals surface area contributed by atoms with Gasteiger partial charge in [0.05, 0.1) is 0 Å². The summed E-state index contributed by atoms with van der Waals surface area (Å²) >= 11 is 1.84. The number of thioether (sulfide) groups is 1. The average molecular weight is 180 g/mol. The molecule has 0 saturated carbocycles. The number of hydrogen-bond donors (Lipinski definition) is 0. The molecule has 0 nitrogen and oxygen atoms in total. The van der Waals surface area contributed by atoms with Crippen molar-refractivity contribution < 1.29 is 0 Å². The van der Waals surface area contributed by atoms with Gasteiger partial charge in [0, 0.05) is 4.90 Å². The first-order chi connectivity index (χ1) is 5.69. The molecule has 0 bridgehead atoms. The van der Waals surface area contributed by atoms with Crippen LogP contribution in [0.2, 0.25) is 0 Å². The summed E-state index contributed by atoms with van der Waals surface area (Å²) in [5.41, 5.74) is 4.28. The lowest BCUT2D eigenvalue weighted by atomic mass is 10.1. The van der Waals surface area contributed by atoms with Gasteiger partial charge in [0.15, 0.2) is 0 Å². The first kappa shape index (κ1) is 9.66. The van der Waals surface area contributed by atoms with Crippen molar-refractivity contribution >= 4 is 11.8 Å². The molecule has 0 spiro atoms. The average Bonchev–Trinajstić information content (AvgIpc) is 2.03. The van der Waals surface area contributed by atoms with E-state index in [0.717, 1.165) is 6.42 Å². The van der Waals surface area contributed by atoms with Gasteiger partial charge < -0.3 is 0 Å². The summed E-state index contributed by atoms with van der Waals surface area (Å²) in [6, 6.07) is 4.58. The van der Waals surface area contributed by atoms with E-state index in [2.05, 4.69) is 39.2 Å². The summed E-state index contributed by atoms with van der Waals surface area (Å²) in [6.45, 7) is 6.59. The predicted octanol–water partition coefficient (Wildman–Crippen LogP) is 3.59. The number of rotatable bonds is 2. The Morgan fingerprint density at radius 3 is 2.00 bits per heavy atom. The zero-order valence-electron chi connectivity index (χ0n) is 8.27. The SMILES string of the molecule is CCc1cc(C)c(SC)c(C)c1. The minimum atomic E-state index is 1.14. The molecule has 66 valence electrons. The first-order valence-electron chi connectivity index (χ1n) is 4.33. The van der Waals surface area contributed by atoms with Crippen LogP contribution in [0.25, 0.3) is 0 Å². The fourth-order valence-corrected chi connectivity index (χ4v) is 2.33. The van der Waals surface area contributed by atoms with E-state index >= 15 is 0 Å². The minimum absolute atomic E-state index is 1.14. The third kappa shape index (κ3) is 1.84. The van der Waals surface area contributed by atoms with Crippen LogP contribution in [0.3, 0.4) is 0 Å². The molecule has 0 amide bonds. The van der Waals surface area contributed by atoms with Gasteiger partial charge in [-0.3, -0.25) is 0 Å². The van der Waals surface area contributed by atoms with Crippen molar-refractivity contribution in [2.45, 2.75) is 32.1 Å². The molecule has 0 aromatic heterocycles. The Balaban J connectivity index is 3.18. The summed E-state index contributed by atoms with van der Waals surface area (Å²) in [6.07, 6.45) is 3.28. The number of hydrogen-bond acceptors (Lipinski definition) is 1. The van der Waals surface area contributed by atoms with Gasteiger partial charge in [-0.05, 0) is 43.2 Å². The maximum absolute atomic E-state index is 2.29. The third-order valence-corrected chi connectivity index (χ3v) is 3.18. The van der Waals surface area contributed by atoms with Crippen molar-refractivity contribution in [3.8, 4) is 0 Å². The largest absolute Gasteiger partial charge is 0.129 e. The lowest BCUT2D eigenvalue weighted by Gasteiger charge is -2.08. The molecule has 1 aromatic carbocycles. The molecule has 12 heavy (non-hydrogen) atoms. The maximum atomic E-state index is 2.29. The molecule has 0 fully saturated rings. The second-order valence-corrected chi connectivity index (χ2v) is 3.93. The molecule has 1 heteroatoms. The second kappa shape index (κ2) is 3.99. The van der Waals surface area contributed by atoms with Crippen molar-refractivity contribution in [1.82, 2.24) is 0 Å². The van der Waals surface area contributed by atoms with Gasteiger partial charge in [-0.25, -0.2) is 0 Å². The van der Waals surface area contributed by atoms with Crippen LogP contribution in [0, 0.1) is 13.8 Å². The van der Waals surface area contributed by atoms with Crippen LogP contribution in [0.1, 0.15) is 23.6 Å². The van der Waals surface area contributed by atoms with Crippen LogP contribution < -0.4 is 0 Å². The number of aryl methyl sites for hydroxylation is 3. The Morgan fingerprint density at radius 2 is 1.67 bits per heavy atom. The van der Waals surface area contributed by atoms with Crippen LogP contribution in [0.15, 0.2) is 17.0 Å². The molecular weight excluding hydrogens is 164 g/mol. The highest BCUT2D eigenvalue weighted by molar-refractivity contribution is 7.98. The maximum Gasteiger partial charge on any atom is 0.0128 e. The van der Waals surface area contributed by atoms with Gasteiger partial charge in [-0.15, -0.1) is 11.8 Å². The highest BCUT2D eigenvalue weighted by Gasteiger charge is 2.02. The molecule has 0 atom stereocenters. The zero-order valence-corrected chi connectivity index (χ0v) is 9.09. The van der Waals surface area contributed by atoms with E-state index in [9.17, 15) is 0 Å². The lowest BCUT2D eigenvalue weighted by Crippen LogP contribution is -1.89. The first-order valence-corrected chi connectivity index (χ1v) is 5.55. The van der Waals surface area contributed by atoms with E-state index in [4.69, 9.17) is 0 Å². The van der Waals surface area contributed by atoms with Crippen molar-refractivity contribution in [2.75, 3.05) is 6.26 Å². The highest BCUT2D eigenvalue weighted by Crippen LogP contribution is 2.25. The standard InChI is InChI=1S/C11H16S/c1-5-10-6-8(2)11(12-4)9(3)7-10/h6-7H,5H2,1-4H3. The summed E-state index contributed by atoms with van der Waals surface area (Å²) in [5, 5.41) is 0. The van der Waals surface area contributed by atoms with Crippen LogP contribution in [0.4, 0.5) is 0 Å². The van der Waals surface area contributed by atoms with Crippen LogP contribution in [0.5, 0.6) is 0 Å². The molecule has 0 heterocycles. The topological polar surface area (TPSA) is 0 Å². The molecule has 0 unspecified atom stereocenters. The van der Waals surface area contributed by atoms with Crippen molar-refractivity contribution in [3.63, 3.8) is 0 Å². The van der Waals surface area contributed by atoms with E-state index < -0.39 is 0 Å². The smallest absolute Gasteiger partial charge is 0.0128 e. The van der Waals surface area contributed by atoms with Crippen LogP contribution >= 0.6 is 11.8 Å². The molecular formula is C11H16S. The zero-order chi connectivity index (χ0) is 9.14. The predicted molar refractivity (Wildman–Crippen MR) is 57.1 cm³/mol. The summed E-state index contributed by atoms with van der Waals surface area (Å²) in [7, 11) is 0. The molecule has 1 rings (SSSR count). The lowest BCUT2D eigenvalue weighted by molar-refractivity contribution is 1.09. The summed E-state index contributed by atoms with van der Waals surface area (Å²) in [5.74, 6) is 0. The van der Waals surface area contributed by atoms with E-state index in [1.54, 1.807) is 0 Å². The quantitative estimate of drug-likeness (QED) is 0.627. The van der Waals surface area contributed by atoms with E-state index in [1.165, 1.54) is 21.6 Å². The molecule has 0 saturated heterocycles. The molecule has 0 N–H and O–H groups in total. The molecule has 0 aliphatic heterocycles. The Labute approximate surface area is 79.4 Å². The summed E-state index contributed by atoms with van der Waals surface area (Å²) in [4.78, 5) is 1.44. The molecule has 1 aromatic rings. The van der Waals surface area contributed by atoms with Crippen molar-refractivity contribution in [1.29, 1.82) is 0 Å². The monoisotopic (exact) mass is 180 g/mol. The van der Waals surface area contributed by atoms with Gasteiger partial charge in [-0.2, -0.15) is 0 Å². The van der Waals surface area contributed by atoms with Gasteiger partial charge in [0.2, 0.25) is 0 Å². The molecule has 0 radical (unpaired) electrons. The fraction of sp³-hybridized carbons (Fsp3) is 0.455. The Hall–Kier alpha value is -0.430. The normalized spacial score (nSPS) is 10.3. The Kier molecular flexibility index (Phi) is 3.21. The van der Waals surface area contributed by atoms with E-state index in [1.807, 2.05) is 11.8 Å². The second-order valence-electron chi connectivity index (χ2n) is 3.12. The van der Waals surface area contributed by atoms with E-state index in [-0.39, 0.29) is 0 Å². The van der Waals surface area contributed by atoms with Crippen molar-refractivity contribution in [3.05, 3.63) is 28.8 Å². The third-order valence-electron chi connectivity index (χ3n) is 2.13. The van der Waals surface area contributed by atoms with Gasteiger partial charge in [0.25, 0.3) is 0 Å². The Morgan fingerprint density at radius 1 is 1.17 bits per heavy atom. The highest BCUT2D eigenvalue weighted by atomic mass is 32.2. The van der Waals surface area contributed by atoms with Crippen LogP contribution in [-0.4, -0.2) is 6.26 Å². The van der Waals surface area contributed by atoms with Gasteiger partial charge in [0.1, 0.15) is 0 Å². The molecule has 0 aliphatic carbocycles. The summed E-state index contributed by atoms with van der Waals surface area (Å²) < 4.78 is 0. The minimum Gasteiger partial charge on any atom is -0.129 e. The Bertz CT molecular complexity index is 253. The van der Waals surface area contributed by atoms with Gasteiger partial charge >= 0.3 is 0 Å². The molecule has 0 aliphatic rings.